The molecule has 3 N–H and O–H groups in total. The minimum absolute atomic E-state index is 0.164. The summed E-state index contributed by atoms with van der Waals surface area (Å²) in [6, 6.07) is 10.7. The van der Waals surface area contributed by atoms with E-state index in [0.29, 0.717) is 29.2 Å². The Balaban J connectivity index is 1.61. The van der Waals surface area contributed by atoms with E-state index in [1.165, 1.54) is 4.90 Å². The summed E-state index contributed by atoms with van der Waals surface area (Å²) in [5, 5.41) is 10.5. The molecule has 4 rings (SSSR count). The first-order valence-electron chi connectivity index (χ1n) is 10.2. The largest absolute Gasteiger partial charge is 0.507 e. The lowest BCUT2D eigenvalue weighted by atomic mass is 10.0. The van der Waals surface area contributed by atoms with Crippen molar-refractivity contribution >= 4 is 11.9 Å². The zero-order valence-electron chi connectivity index (χ0n) is 17.0. The molecule has 0 unspecified atom stereocenters. The third-order valence-corrected chi connectivity index (χ3v) is 5.93. The summed E-state index contributed by atoms with van der Waals surface area (Å²) in [6.45, 7) is 8.36. The Hall–Kier alpha value is -2.83. The van der Waals surface area contributed by atoms with E-state index in [1.807, 2.05) is 24.3 Å². The van der Waals surface area contributed by atoms with Crippen molar-refractivity contribution < 1.29 is 29.2 Å². The summed E-state index contributed by atoms with van der Waals surface area (Å²) >= 11 is 0. The van der Waals surface area contributed by atoms with Gasteiger partial charge in [-0.25, -0.2) is 0 Å². The van der Waals surface area contributed by atoms with Gasteiger partial charge >= 0.3 is 0 Å². The number of quaternary nitrogens is 2. The topological polar surface area (TPSA) is 64.6 Å². The summed E-state index contributed by atoms with van der Waals surface area (Å²) < 4.78 is 11.4. The number of hydrogen-bond acceptors (Lipinski definition) is 4. The van der Waals surface area contributed by atoms with Crippen LogP contribution in [0.25, 0.3) is 6.08 Å². The van der Waals surface area contributed by atoms with Gasteiger partial charge in [0.15, 0.2) is 11.5 Å². The fourth-order valence-corrected chi connectivity index (χ4v) is 4.13. The molecule has 29 heavy (non-hydrogen) atoms. The molecule has 0 amide bonds. The van der Waals surface area contributed by atoms with Crippen LogP contribution >= 0.6 is 0 Å². The second-order valence-corrected chi connectivity index (χ2v) is 7.65. The molecule has 1 saturated heterocycles. The Morgan fingerprint density at radius 1 is 1.10 bits per heavy atom. The number of methoxy groups -OCH3 is 1. The molecule has 2 aromatic carbocycles. The molecule has 6 heteroatoms. The monoisotopic (exact) mass is 396 g/mol. The zero-order valence-corrected chi connectivity index (χ0v) is 17.0. The summed E-state index contributed by atoms with van der Waals surface area (Å²) in [6.07, 6.45) is 1.71. The van der Waals surface area contributed by atoms with E-state index in [0.717, 1.165) is 38.3 Å². The quantitative estimate of drug-likeness (QED) is 0.637. The van der Waals surface area contributed by atoms with E-state index in [2.05, 4.69) is 6.92 Å². The highest BCUT2D eigenvalue weighted by molar-refractivity contribution is 6.15. The maximum absolute atomic E-state index is 12.9. The second-order valence-electron chi connectivity index (χ2n) is 7.65. The van der Waals surface area contributed by atoms with Crippen LogP contribution in [0.3, 0.4) is 0 Å². The first-order chi connectivity index (χ1) is 14.1. The first-order valence-corrected chi connectivity index (χ1v) is 10.2. The normalized spacial score (nSPS) is 22.4. The van der Waals surface area contributed by atoms with Crippen molar-refractivity contribution in [3.05, 3.63) is 58.8 Å². The number of hydrogen-bond donors (Lipinski definition) is 3. The van der Waals surface area contributed by atoms with E-state index in [9.17, 15) is 9.90 Å². The summed E-state index contributed by atoms with van der Waals surface area (Å²) in [4.78, 5) is 15.9. The number of phenolic OH excluding ortho intramolecular Hbond substituents is 1. The number of allylic oxidation sites excluding steroid dienone is 1. The van der Waals surface area contributed by atoms with Gasteiger partial charge in [-0.3, -0.25) is 4.79 Å². The Kier molecular flexibility index (Phi) is 5.56. The first kappa shape index (κ1) is 19.5. The number of ether oxygens (including phenoxy) is 2. The van der Waals surface area contributed by atoms with Crippen LogP contribution in [0.2, 0.25) is 0 Å². The van der Waals surface area contributed by atoms with Crippen molar-refractivity contribution in [2.45, 2.75) is 13.5 Å². The van der Waals surface area contributed by atoms with Crippen LogP contribution in [-0.4, -0.2) is 50.7 Å². The fraction of sp³-hybridized carbons (Fsp3) is 0.348. The van der Waals surface area contributed by atoms with E-state index in [4.69, 9.17) is 9.47 Å². The maximum atomic E-state index is 12.9. The maximum Gasteiger partial charge on any atom is 0.231 e. The molecule has 0 spiro atoms. The molecule has 0 aliphatic carbocycles. The van der Waals surface area contributed by atoms with Gasteiger partial charge in [-0.05, 0) is 31.2 Å². The van der Waals surface area contributed by atoms with E-state index < -0.39 is 0 Å². The highest BCUT2D eigenvalue weighted by atomic mass is 16.5. The number of fused-ring (bicyclic) bond motifs is 1. The van der Waals surface area contributed by atoms with Crippen LogP contribution in [0.1, 0.15) is 28.4 Å². The zero-order chi connectivity index (χ0) is 20.4. The number of piperazine rings is 1. The van der Waals surface area contributed by atoms with Crippen LogP contribution in [0.15, 0.2) is 42.2 Å². The number of aromatic hydroxyl groups is 1. The number of nitrogens with one attached hydrogen (secondary N) is 2. The third-order valence-electron chi connectivity index (χ3n) is 5.93. The van der Waals surface area contributed by atoms with Gasteiger partial charge in [0, 0.05) is 5.56 Å². The van der Waals surface area contributed by atoms with E-state index >= 15 is 0 Å². The Morgan fingerprint density at radius 3 is 2.55 bits per heavy atom. The van der Waals surface area contributed by atoms with Crippen molar-refractivity contribution in [2.75, 3.05) is 39.8 Å². The van der Waals surface area contributed by atoms with Gasteiger partial charge in [0.05, 0.1) is 24.8 Å². The van der Waals surface area contributed by atoms with Crippen LogP contribution in [-0.2, 0) is 6.54 Å². The molecule has 6 nitrogen and oxygen atoms in total. The van der Waals surface area contributed by atoms with Crippen LogP contribution < -0.4 is 19.3 Å². The molecule has 1 fully saturated rings. The number of carbonyl (C=O) groups is 1. The number of ketones is 1. The number of Topliss-reactive ketones (excluding diaryl/α,β-unsaturated/α-hetero) is 1. The van der Waals surface area contributed by atoms with Crippen molar-refractivity contribution in [3.8, 4) is 17.2 Å². The average molecular weight is 396 g/mol. The predicted octanol–water partition coefficient (Wildman–Crippen LogP) is 0.320. The number of benzene rings is 2. The number of para-hydroxylation sites is 1. The summed E-state index contributed by atoms with van der Waals surface area (Å²) in [7, 11) is 1.60. The highest BCUT2D eigenvalue weighted by Crippen LogP contribution is 2.39. The minimum Gasteiger partial charge on any atom is -0.507 e. The lowest BCUT2D eigenvalue weighted by molar-refractivity contribution is -1.02. The van der Waals surface area contributed by atoms with Crippen molar-refractivity contribution in [1.29, 1.82) is 0 Å². The molecule has 2 aromatic rings. The van der Waals surface area contributed by atoms with Crippen molar-refractivity contribution in [1.82, 2.24) is 0 Å². The summed E-state index contributed by atoms with van der Waals surface area (Å²) in [5.74, 6) is 1.45. The Labute approximate surface area is 171 Å². The van der Waals surface area contributed by atoms with Gasteiger partial charge in [-0.2, -0.15) is 0 Å². The molecule has 0 radical (unpaired) electrons. The number of rotatable bonds is 5. The molecule has 152 valence electrons. The molecule has 0 bridgehead atoms. The Morgan fingerprint density at radius 2 is 1.83 bits per heavy atom. The lowest BCUT2D eigenvalue weighted by Gasteiger charge is -2.29. The van der Waals surface area contributed by atoms with Crippen LogP contribution in [0.4, 0.5) is 0 Å². The van der Waals surface area contributed by atoms with Crippen LogP contribution in [0.5, 0.6) is 17.2 Å². The number of likely N-dealkylation sites (N-methyl/N-ethyl adjacent to an activating group) is 1. The minimum atomic E-state index is -0.164. The molecular weight excluding hydrogens is 368 g/mol. The van der Waals surface area contributed by atoms with Gasteiger partial charge in [0.1, 0.15) is 44.2 Å². The van der Waals surface area contributed by atoms with E-state index in [1.54, 1.807) is 30.2 Å². The molecule has 2 aliphatic rings. The fourth-order valence-electron chi connectivity index (χ4n) is 4.13. The molecule has 2 heterocycles. The average Bonchev–Trinajstić information content (AvgIpc) is 3.06. The predicted molar refractivity (Wildman–Crippen MR) is 110 cm³/mol. The van der Waals surface area contributed by atoms with E-state index in [-0.39, 0.29) is 17.3 Å². The second kappa shape index (κ2) is 8.27. The third kappa shape index (κ3) is 3.86. The molecule has 0 aromatic heterocycles. The van der Waals surface area contributed by atoms with Crippen LogP contribution in [0, 0.1) is 0 Å². The van der Waals surface area contributed by atoms with Crippen molar-refractivity contribution in [3.63, 3.8) is 0 Å². The SMILES string of the molecule is CC[NH+]1CC[NH+](Cc2c(O)ccc3c2OC(=Cc2ccccc2OC)C3=O)CC1. The number of carbonyl (C=O) groups excluding carboxylic acids is 1. The van der Waals surface area contributed by atoms with Gasteiger partial charge in [0.2, 0.25) is 5.78 Å². The van der Waals surface area contributed by atoms with Gasteiger partial charge in [-0.15, -0.1) is 0 Å². The highest BCUT2D eigenvalue weighted by Gasteiger charge is 2.33. The van der Waals surface area contributed by atoms with Crippen molar-refractivity contribution in [2.24, 2.45) is 0 Å². The lowest BCUT2D eigenvalue weighted by Crippen LogP contribution is -3.27. The van der Waals surface area contributed by atoms with Gasteiger partial charge in [-0.1, -0.05) is 18.2 Å². The van der Waals surface area contributed by atoms with Gasteiger partial charge < -0.3 is 24.4 Å². The molecular formula is C23H28N2O4+2. The molecule has 2 aliphatic heterocycles. The summed E-state index contributed by atoms with van der Waals surface area (Å²) in [5.41, 5.74) is 2.01. The molecule has 0 atom stereocenters. The standard InChI is InChI=1S/C23H26N2O4/c1-3-24-10-12-25(13-11-24)15-18-19(26)9-8-17-22(27)21(29-23(17)18)14-16-6-4-5-7-20(16)28-2/h4-9,14,26H,3,10-13,15H2,1-2H3/p+2. The van der Waals surface area contributed by atoms with Gasteiger partial charge in [0.25, 0.3) is 0 Å². The Bertz CT molecular complexity index is 946. The number of phenols is 1. The molecule has 0 saturated carbocycles. The smallest absolute Gasteiger partial charge is 0.231 e.